The summed E-state index contributed by atoms with van der Waals surface area (Å²) in [4.78, 5) is 33.7. The average molecular weight is 367 g/mol. The molecule has 142 valence electrons. The molecule has 2 unspecified atom stereocenters. The number of rotatable bonds is 4. The number of carbonyl (C=O) groups excluding carboxylic acids is 2. The van der Waals surface area contributed by atoms with Gasteiger partial charge in [-0.05, 0) is 24.9 Å². The Bertz CT molecular complexity index is 770. The van der Waals surface area contributed by atoms with Gasteiger partial charge in [0.2, 0.25) is 0 Å². The molecule has 0 aromatic heterocycles. The molecule has 2 aliphatic rings. The number of hydrogen-bond donors (Lipinski definition) is 0. The Labute approximate surface area is 159 Å². The van der Waals surface area contributed by atoms with E-state index in [0.717, 1.165) is 37.3 Å². The highest BCUT2D eigenvalue weighted by Crippen LogP contribution is 2.22. The van der Waals surface area contributed by atoms with Crippen molar-refractivity contribution in [2.24, 2.45) is 10.9 Å². The summed E-state index contributed by atoms with van der Waals surface area (Å²) in [5, 5.41) is 9.41. The minimum Gasteiger partial charge on any atom is -0.294 e. The van der Waals surface area contributed by atoms with Gasteiger partial charge in [-0.15, -0.1) is 0 Å². The fraction of sp³-hybridized carbons (Fsp3) is 0.500. The Kier molecular flexibility index (Phi) is 5.87. The Morgan fingerprint density at radius 2 is 1.89 bits per heavy atom. The van der Waals surface area contributed by atoms with Crippen LogP contribution in [0.3, 0.4) is 0 Å². The number of amides is 3. The van der Waals surface area contributed by atoms with Crippen molar-refractivity contribution in [3.63, 3.8) is 0 Å². The van der Waals surface area contributed by atoms with Gasteiger partial charge in [-0.1, -0.05) is 36.8 Å². The molecule has 2 atom stereocenters. The molecule has 1 aromatic rings. The van der Waals surface area contributed by atoms with E-state index in [4.69, 9.17) is 0 Å². The van der Waals surface area contributed by atoms with Crippen molar-refractivity contribution in [2.75, 3.05) is 27.2 Å². The third kappa shape index (κ3) is 4.01. The van der Waals surface area contributed by atoms with E-state index in [1.54, 1.807) is 7.05 Å². The van der Waals surface area contributed by atoms with E-state index in [-0.39, 0.29) is 11.9 Å². The second kappa shape index (κ2) is 8.31. The molecule has 0 N–H and O–H groups in total. The standard InChI is InChI=1S/C20H25N5O2/c1-23-18(17(12-21)19(26)24(2)20(23)27)22-13-16-10-6-7-11-25(16)14-15-8-4-3-5-9-15/h3-5,8-9,16-17H,6-7,10-11,13-14H2,1-2H3. The number of carbonyl (C=O) groups is 2. The summed E-state index contributed by atoms with van der Waals surface area (Å²) >= 11 is 0. The third-order valence-corrected chi connectivity index (χ3v) is 5.32. The van der Waals surface area contributed by atoms with Crippen LogP contribution in [0.15, 0.2) is 35.3 Å². The lowest BCUT2D eigenvalue weighted by Gasteiger charge is -2.36. The predicted molar refractivity (Wildman–Crippen MR) is 102 cm³/mol. The average Bonchev–Trinajstić information content (AvgIpc) is 2.70. The third-order valence-electron chi connectivity index (χ3n) is 5.32. The van der Waals surface area contributed by atoms with Crippen LogP contribution in [0.2, 0.25) is 0 Å². The second-order valence-electron chi connectivity index (χ2n) is 7.11. The maximum Gasteiger partial charge on any atom is 0.331 e. The van der Waals surface area contributed by atoms with Gasteiger partial charge in [0.15, 0.2) is 5.92 Å². The largest absolute Gasteiger partial charge is 0.331 e. The fourth-order valence-electron chi connectivity index (χ4n) is 3.72. The smallest absolute Gasteiger partial charge is 0.294 e. The number of hydrogen-bond acceptors (Lipinski definition) is 5. The van der Waals surface area contributed by atoms with Crippen LogP contribution >= 0.6 is 0 Å². The topological polar surface area (TPSA) is 80.0 Å². The quantitative estimate of drug-likeness (QED) is 0.816. The number of amidine groups is 1. The van der Waals surface area contributed by atoms with Gasteiger partial charge in [0.05, 0.1) is 12.6 Å². The van der Waals surface area contributed by atoms with Crippen LogP contribution in [0.5, 0.6) is 0 Å². The lowest BCUT2D eigenvalue weighted by atomic mass is 10.0. The van der Waals surface area contributed by atoms with Crippen molar-refractivity contribution in [3.05, 3.63) is 35.9 Å². The van der Waals surface area contributed by atoms with Crippen molar-refractivity contribution in [3.8, 4) is 6.07 Å². The maximum atomic E-state index is 12.2. The van der Waals surface area contributed by atoms with Crippen LogP contribution < -0.4 is 0 Å². The number of nitriles is 1. The molecule has 3 amide bonds. The number of piperidine rings is 1. The number of benzene rings is 1. The molecule has 2 fully saturated rings. The van der Waals surface area contributed by atoms with E-state index < -0.39 is 17.9 Å². The highest BCUT2D eigenvalue weighted by molar-refractivity contribution is 6.19. The Morgan fingerprint density at radius 1 is 1.15 bits per heavy atom. The molecule has 7 nitrogen and oxygen atoms in total. The number of likely N-dealkylation sites (tertiary alicyclic amines) is 1. The van der Waals surface area contributed by atoms with Crippen LogP contribution in [0.4, 0.5) is 4.79 Å². The zero-order valence-electron chi connectivity index (χ0n) is 15.8. The van der Waals surface area contributed by atoms with Gasteiger partial charge < -0.3 is 0 Å². The molecule has 1 aromatic carbocycles. The Morgan fingerprint density at radius 3 is 2.59 bits per heavy atom. The van der Waals surface area contributed by atoms with E-state index in [1.165, 1.54) is 17.5 Å². The van der Waals surface area contributed by atoms with E-state index in [0.29, 0.717) is 6.54 Å². The monoisotopic (exact) mass is 367 g/mol. The van der Waals surface area contributed by atoms with Crippen molar-refractivity contribution < 1.29 is 9.59 Å². The lowest BCUT2D eigenvalue weighted by Crippen LogP contribution is -2.56. The van der Waals surface area contributed by atoms with Crippen molar-refractivity contribution in [2.45, 2.75) is 31.8 Å². The molecule has 0 saturated carbocycles. The second-order valence-corrected chi connectivity index (χ2v) is 7.11. The lowest BCUT2D eigenvalue weighted by molar-refractivity contribution is -0.129. The van der Waals surface area contributed by atoms with Crippen molar-refractivity contribution >= 4 is 17.8 Å². The first-order chi connectivity index (χ1) is 13.0. The van der Waals surface area contributed by atoms with Crippen LogP contribution in [-0.2, 0) is 11.3 Å². The summed E-state index contributed by atoms with van der Waals surface area (Å²) in [6, 6.07) is 12.1. The van der Waals surface area contributed by atoms with Gasteiger partial charge in [-0.2, -0.15) is 5.26 Å². The van der Waals surface area contributed by atoms with E-state index in [1.807, 2.05) is 24.3 Å². The molecular formula is C20H25N5O2. The molecule has 2 heterocycles. The molecule has 2 aliphatic heterocycles. The molecule has 0 spiro atoms. The normalized spacial score (nSPS) is 25.7. The molecule has 0 bridgehead atoms. The Balaban J connectivity index is 1.76. The van der Waals surface area contributed by atoms with Gasteiger partial charge in [-0.3, -0.25) is 24.5 Å². The highest BCUT2D eigenvalue weighted by atomic mass is 16.2. The van der Waals surface area contributed by atoms with Crippen LogP contribution in [0.1, 0.15) is 24.8 Å². The summed E-state index contributed by atoms with van der Waals surface area (Å²) in [6.07, 6.45) is 3.31. The van der Waals surface area contributed by atoms with Crippen molar-refractivity contribution in [1.82, 2.24) is 14.7 Å². The summed E-state index contributed by atoms with van der Waals surface area (Å²) in [7, 11) is 2.96. The molecule has 0 radical (unpaired) electrons. The minimum atomic E-state index is -1.02. The van der Waals surface area contributed by atoms with E-state index in [9.17, 15) is 14.9 Å². The van der Waals surface area contributed by atoms with Gasteiger partial charge in [-0.25, -0.2) is 4.79 Å². The molecule has 7 heteroatoms. The predicted octanol–water partition coefficient (Wildman–Crippen LogP) is 2.10. The molecular weight excluding hydrogens is 342 g/mol. The first-order valence-corrected chi connectivity index (χ1v) is 9.30. The van der Waals surface area contributed by atoms with Gasteiger partial charge in [0.1, 0.15) is 5.84 Å². The zero-order chi connectivity index (χ0) is 19.4. The van der Waals surface area contributed by atoms with Crippen LogP contribution in [0.25, 0.3) is 0 Å². The number of imide groups is 1. The Hall–Kier alpha value is -2.72. The first kappa shape index (κ1) is 19.1. The molecule has 27 heavy (non-hydrogen) atoms. The molecule has 2 saturated heterocycles. The van der Waals surface area contributed by atoms with Gasteiger partial charge in [0, 0.05) is 26.7 Å². The summed E-state index contributed by atoms with van der Waals surface area (Å²) in [5.74, 6) is -1.27. The summed E-state index contributed by atoms with van der Waals surface area (Å²) < 4.78 is 0. The maximum absolute atomic E-state index is 12.2. The number of urea groups is 1. The number of nitrogens with zero attached hydrogens (tertiary/aromatic N) is 5. The molecule has 0 aliphatic carbocycles. The minimum absolute atomic E-state index is 0.240. The fourth-order valence-corrected chi connectivity index (χ4v) is 3.72. The first-order valence-electron chi connectivity index (χ1n) is 9.30. The van der Waals surface area contributed by atoms with E-state index >= 15 is 0 Å². The van der Waals surface area contributed by atoms with Gasteiger partial charge >= 0.3 is 6.03 Å². The SMILES string of the molecule is CN1C(=O)C(C#N)C(=NCC2CCCCN2Cc2ccccc2)N(C)C1=O. The van der Waals surface area contributed by atoms with Crippen molar-refractivity contribution in [1.29, 1.82) is 5.26 Å². The number of aliphatic imine (C=N–C) groups is 1. The summed E-state index contributed by atoms with van der Waals surface area (Å²) in [5.41, 5.74) is 1.26. The summed E-state index contributed by atoms with van der Waals surface area (Å²) in [6.45, 7) is 2.34. The van der Waals surface area contributed by atoms with Crippen LogP contribution in [-0.4, -0.2) is 65.7 Å². The van der Waals surface area contributed by atoms with Gasteiger partial charge in [0.25, 0.3) is 5.91 Å². The van der Waals surface area contributed by atoms with E-state index in [2.05, 4.69) is 22.0 Å². The highest BCUT2D eigenvalue weighted by Gasteiger charge is 2.41. The van der Waals surface area contributed by atoms with Crippen LogP contribution in [0, 0.1) is 17.2 Å². The molecule has 3 rings (SSSR count). The zero-order valence-corrected chi connectivity index (χ0v) is 15.8.